The summed E-state index contributed by atoms with van der Waals surface area (Å²) >= 11 is 0. The largest absolute Gasteiger partial charge is 0.478 e. The van der Waals surface area contributed by atoms with Crippen molar-refractivity contribution in [2.24, 2.45) is 0 Å². The van der Waals surface area contributed by atoms with Gasteiger partial charge in [0.25, 0.3) is 0 Å². The van der Waals surface area contributed by atoms with Crippen LogP contribution in [0.3, 0.4) is 0 Å². The van der Waals surface area contributed by atoms with Crippen molar-refractivity contribution in [3.05, 3.63) is 11.6 Å². The number of carboxylic acid groups (broad SMARTS) is 1. The van der Waals surface area contributed by atoms with Gasteiger partial charge in [-0.25, -0.2) is 18.0 Å². The highest BCUT2D eigenvalue weighted by molar-refractivity contribution is 7.90. The molecule has 20 heavy (non-hydrogen) atoms. The minimum Gasteiger partial charge on any atom is -0.478 e. The van der Waals surface area contributed by atoms with E-state index in [1.54, 1.807) is 11.9 Å². The first-order chi connectivity index (χ1) is 8.65. The number of esters is 1. The fourth-order valence-electron chi connectivity index (χ4n) is 1.26. The SMILES string of the molecule is COC(=O)/C(=C/C(=O)O)CCN(C)CCS(C)(=O)=O.Cl. The second-order valence-electron chi connectivity index (χ2n) is 4.18. The number of carbonyl (C=O) groups is 2. The minimum atomic E-state index is -3.04. The maximum Gasteiger partial charge on any atom is 0.334 e. The molecule has 7 nitrogen and oxygen atoms in total. The number of rotatable bonds is 8. The molecule has 0 radical (unpaired) electrons. The Morgan fingerprint density at radius 3 is 2.25 bits per heavy atom. The monoisotopic (exact) mass is 329 g/mol. The first-order valence-electron chi connectivity index (χ1n) is 5.54. The van der Waals surface area contributed by atoms with Crippen LogP contribution in [0.5, 0.6) is 0 Å². The van der Waals surface area contributed by atoms with Crippen LogP contribution in [0, 0.1) is 0 Å². The first-order valence-corrected chi connectivity index (χ1v) is 7.60. The molecule has 0 saturated carbocycles. The van der Waals surface area contributed by atoms with Gasteiger partial charge in [0.1, 0.15) is 9.84 Å². The van der Waals surface area contributed by atoms with Crippen molar-refractivity contribution in [2.45, 2.75) is 6.42 Å². The van der Waals surface area contributed by atoms with Crippen molar-refractivity contribution in [3.63, 3.8) is 0 Å². The van der Waals surface area contributed by atoms with Gasteiger partial charge in [0.2, 0.25) is 0 Å². The fraction of sp³-hybridized carbons (Fsp3) is 0.636. The fourth-order valence-corrected chi connectivity index (χ4v) is 1.90. The van der Waals surface area contributed by atoms with E-state index in [4.69, 9.17) is 5.11 Å². The molecule has 0 fully saturated rings. The normalized spacial score (nSPS) is 11.9. The van der Waals surface area contributed by atoms with Gasteiger partial charge in [0.05, 0.1) is 12.9 Å². The van der Waals surface area contributed by atoms with E-state index in [1.165, 1.54) is 7.11 Å². The van der Waals surface area contributed by atoms with E-state index in [2.05, 4.69) is 4.74 Å². The molecule has 0 saturated heterocycles. The molecular formula is C11H20ClNO6S. The molecule has 0 aromatic heterocycles. The van der Waals surface area contributed by atoms with E-state index in [1.807, 2.05) is 0 Å². The second kappa shape index (κ2) is 9.73. The predicted molar refractivity (Wildman–Crippen MR) is 76.8 cm³/mol. The zero-order chi connectivity index (χ0) is 15.1. The van der Waals surface area contributed by atoms with Gasteiger partial charge in [-0.1, -0.05) is 0 Å². The van der Waals surface area contributed by atoms with Crippen molar-refractivity contribution in [1.29, 1.82) is 0 Å². The third-order valence-corrected chi connectivity index (χ3v) is 3.28. The van der Waals surface area contributed by atoms with Gasteiger partial charge in [-0.2, -0.15) is 0 Å². The molecule has 118 valence electrons. The third-order valence-electron chi connectivity index (χ3n) is 2.35. The summed E-state index contributed by atoms with van der Waals surface area (Å²) < 4.78 is 26.4. The Morgan fingerprint density at radius 1 is 1.30 bits per heavy atom. The lowest BCUT2D eigenvalue weighted by Crippen LogP contribution is -2.27. The van der Waals surface area contributed by atoms with E-state index in [0.717, 1.165) is 12.3 Å². The summed E-state index contributed by atoms with van der Waals surface area (Å²) in [5, 5.41) is 8.63. The predicted octanol–water partition coefficient (Wildman–Crippen LogP) is -0.0413. The van der Waals surface area contributed by atoms with Gasteiger partial charge in [-0.3, -0.25) is 0 Å². The molecule has 0 atom stereocenters. The number of carbonyl (C=O) groups excluding carboxylic acids is 1. The van der Waals surface area contributed by atoms with Gasteiger partial charge in [-0.05, 0) is 13.5 Å². The molecule has 0 unspecified atom stereocenters. The van der Waals surface area contributed by atoms with E-state index in [9.17, 15) is 18.0 Å². The number of methoxy groups -OCH3 is 1. The van der Waals surface area contributed by atoms with Crippen LogP contribution >= 0.6 is 12.4 Å². The molecule has 0 aromatic carbocycles. The Kier molecular flexibility index (Phi) is 10.3. The number of hydrogen-bond donors (Lipinski definition) is 1. The molecular weight excluding hydrogens is 310 g/mol. The summed E-state index contributed by atoms with van der Waals surface area (Å²) in [6.45, 7) is 0.685. The summed E-state index contributed by atoms with van der Waals surface area (Å²) in [5.74, 6) is -1.90. The standard InChI is InChI=1S/C11H19NO6S.ClH/c1-12(6-7-19(3,16)17)5-4-9(8-10(13)14)11(15)18-2;/h8H,4-7H2,1-3H3,(H,13,14);1H/b9-8+;. The summed E-state index contributed by atoms with van der Waals surface area (Å²) in [6.07, 6.45) is 2.13. The summed E-state index contributed by atoms with van der Waals surface area (Å²) in [7, 11) is -0.172. The Labute approximate surface area is 124 Å². The van der Waals surface area contributed by atoms with Gasteiger partial charge in [0, 0.05) is 31.0 Å². The van der Waals surface area contributed by atoms with Gasteiger partial charge >= 0.3 is 11.9 Å². The Hall–Kier alpha value is -1.12. The summed E-state index contributed by atoms with van der Waals surface area (Å²) in [6, 6.07) is 0. The van der Waals surface area contributed by atoms with Crippen molar-refractivity contribution in [1.82, 2.24) is 4.90 Å². The Morgan fingerprint density at radius 2 is 1.85 bits per heavy atom. The molecule has 1 N–H and O–H groups in total. The molecule has 0 aliphatic carbocycles. The van der Waals surface area contributed by atoms with Gasteiger partial charge in [0.15, 0.2) is 0 Å². The van der Waals surface area contributed by atoms with Crippen LogP contribution in [-0.4, -0.2) is 69.6 Å². The van der Waals surface area contributed by atoms with Gasteiger partial charge < -0.3 is 14.7 Å². The van der Waals surface area contributed by atoms with Crippen molar-refractivity contribution < 1.29 is 27.9 Å². The molecule has 0 amide bonds. The smallest absolute Gasteiger partial charge is 0.334 e. The van der Waals surface area contributed by atoms with E-state index >= 15 is 0 Å². The zero-order valence-electron chi connectivity index (χ0n) is 11.7. The lowest BCUT2D eigenvalue weighted by molar-refractivity contribution is -0.137. The second-order valence-corrected chi connectivity index (χ2v) is 6.44. The van der Waals surface area contributed by atoms with E-state index in [0.29, 0.717) is 13.1 Å². The van der Waals surface area contributed by atoms with Crippen molar-refractivity contribution in [3.8, 4) is 0 Å². The van der Waals surface area contributed by atoms with Crippen LogP contribution in [-0.2, 0) is 24.2 Å². The Balaban J connectivity index is 0. The summed E-state index contributed by atoms with van der Waals surface area (Å²) in [5.41, 5.74) is 0.0428. The summed E-state index contributed by atoms with van der Waals surface area (Å²) in [4.78, 5) is 23.6. The van der Waals surface area contributed by atoms with Crippen LogP contribution in [0.2, 0.25) is 0 Å². The van der Waals surface area contributed by atoms with Crippen LogP contribution in [0.15, 0.2) is 11.6 Å². The average Bonchev–Trinajstić information content (AvgIpc) is 2.29. The number of hydrogen-bond acceptors (Lipinski definition) is 6. The molecule has 0 aliphatic heterocycles. The number of aliphatic carboxylic acids is 1. The molecule has 0 spiro atoms. The quantitative estimate of drug-likeness (QED) is 0.492. The van der Waals surface area contributed by atoms with Crippen molar-refractivity contribution >= 4 is 34.2 Å². The van der Waals surface area contributed by atoms with Crippen LogP contribution < -0.4 is 0 Å². The lowest BCUT2D eigenvalue weighted by Gasteiger charge is -2.16. The minimum absolute atomic E-state index is 0. The number of halogens is 1. The number of sulfone groups is 1. The Bertz CT molecular complexity index is 460. The highest BCUT2D eigenvalue weighted by Gasteiger charge is 2.13. The zero-order valence-corrected chi connectivity index (χ0v) is 13.3. The maximum absolute atomic E-state index is 11.3. The number of ether oxygens (including phenoxy) is 1. The van der Waals surface area contributed by atoms with E-state index < -0.39 is 21.8 Å². The maximum atomic E-state index is 11.3. The van der Waals surface area contributed by atoms with Gasteiger partial charge in [-0.15, -0.1) is 12.4 Å². The number of carboxylic acids is 1. The molecule has 9 heteroatoms. The van der Waals surface area contributed by atoms with Crippen molar-refractivity contribution in [2.75, 3.05) is 39.3 Å². The van der Waals surface area contributed by atoms with Crippen LogP contribution in [0.25, 0.3) is 0 Å². The average molecular weight is 330 g/mol. The lowest BCUT2D eigenvalue weighted by atomic mass is 10.1. The first kappa shape index (κ1) is 21.2. The van der Waals surface area contributed by atoms with Crippen LogP contribution in [0.4, 0.5) is 0 Å². The molecule has 0 heterocycles. The molecule has 0 aliphatic rings. The van der Waals surface area contributed by atoms with Crippen LogP contribution in [0.1, 0.15) is 6.42 Å². The van der Waals surface area contributed by atoms with E-state index in [-0.39, 0.29) is 30.2 Å². The third kappa shape index (κ3) is 10.8. The topological polar surface area (TPSA) is 101 Å². The number of nitrogens with zero attached hydrogens (tertiary/aromatic N) is 1. The highest BCUT2D eigenvalue weighted by atomic mass is 35.5. The highest BCUT2D eigenvalue weighted by Crippen LogP contribution is 2.05. The molecule has 0 bridgehead atoms. The molecule has 0 aromatic rings. The molecule has 0 rings (SSSR count).